The van der Waals surface area contributed by atoms with Crippen LogP contribution < -0.4 is 10.1 Å². The first-order chi connectivity index (χ1) is 9.97. The van der Waals surface area contributed by atoms with Crippen molar-refractivity contribution in [2.45, 2.75) is 38.9 Å². The van der Waals surface area contributed by atoms with Crippen LogP contribution in [-0.2, 0) is 16.1 Å². The number of ether oxygens (including phenoxy) is 1. The predicted molar refractivity (Wildman–Crippen MR) is 80.2 cm³/mol. The Balaban J connectivity index is 2.30. The summed E-state index contributed by atoms with van der Waals surface area (Å²) in [6, 6.07) is 4.28. The van der Waals surface area contributed by atoms with Crippen molar-refractivity contribution in [2.24, 2.45) is 0 Å². The van der Waals surface area contributed by atoms with Crippen molar-refractivity contribution in [2.75, 3.05) is 7.11 Å². The summed E-state index contributed by atoms with van der Waals surface area (Å²) in [7, 11) is 1.57. The quantitative estimate of drug-likeness (QED) is 0.925. The van der Waals surface area contributed by atoms with Gasteiger partial charge < -0.3 is 15.0 Å². The van der Waals surface area contributed by atoms with Crippen LogP contribution in [0.4, 0.5) is 0 Å². The molecule has 1 fully saturated rings. The highest BCUT2D eigenvalue weighted by atomic mass is 35.5. The average molecular weight is 311 g/mol. The van der Waals surface area contributed by atoms with E-state index in [2.05, 4.69) is 5.32 Å². The second kappa shape index (κ2) is 6.35. The van der Waals surface area contributed by atoms with Gasteiger partial charge in [-0.1, -0.05) is 18.5 Å². The van der Waals surface area contributed by atoms with E-state index >= 15 is 0 Å². The summed E-state index contributed by atoms with van der Waals surface area (Å²) < 4.78 is 5.30. The van der Waals surface area contributed by atoms with E-state index in [-0.39, 0.29) is 11.8 Å². The molecule has 0 aliphatic carbocycles. The number of halogens is 1. The number of amides is 2. The van der Waals surface area contributed by atoms with Crippen molar-refractivity contribution >= 4 is 23.4 Å². The number of hydrogen-bond donors (Lipinski definition) is 1. The first-order valence-electron chi connectivity index (χ1n) is 6.91. The van der Waals surface area contributed by atoms with E-state index in [0.29, 0.717) is 23.7 Å². The second-order valence-electron chi connectivity index (χ2n) is 5.07. The lowest BCUT2D eigenvalue weighted by Crippen LogP contribution is -2.61. The van der Waals surface area contributed by atoms with Crippen LogP contribution in [0.2, 0.25) is 5.02 Å². The van der Waals surface area contributed by atoms with E-state index < -0.39 is 12.1 Å². The Labute approximate surface area is 129 Å². The fourth-order valence-electron chi connectivity index (χ4n) is 2.43. The van der Waals surface area contributed by atoms with E-state index in [1.165, 1.54) is 0 Å². The molecular formula is C15H19ClN2O3. The molecule has 1 saturated heterocycles. The molecule has 1 heterocycles. The summed E-state index contributed by atoms with van der Waals surface area (Å²) in [5.74, 6) is 0.438. The minimum Gasteiger partial charge on any atom is -0.496 e. The molecule has 1 aromatic rings. The number of hydrogen-bond acceptors (Lipinski definition) is 3. The van der Waals surface area contributed by atoms with Gasteiger partial charge in [-0.3, -0.25) is 9.59 Å². The number of nitrogens with zero attached hydrogens (tertiary/aromatic N) is 1. The third kappa shape index (κ3) is 3.13. The zero-order valence-corrected chi connectivity index (χ0v) is 13.1. The Morgan fingerprint density at radius 2 is 2.10 bits per heavy atom. The highest BCUT2D eigenvalue weighted by Crippen LogP contribution is 2.26. The van der Waals surface area contributed by atoms with Crippen molar-refractivity contribution in [3.63, 3.8) is 0 Å². The van der Waals surface area contributed by atoms with Gasteiger partial charge in [0.25, 0.3) is 0 Å². The van der Waals surface area contributed by atoms with Crippen LogP contribution in [0.15, 0.2) is 18.2 Å². The molecule has 1 N–H and O–H groups in total. The van der Waals surface area contributed by atoms with E-state index in [4.69, 9.17) is 16.3 Å². The molecule has 114 valence electrons. The third-order valence-electron chi connectivity index (χ3n) is 3.74. The smallest absolute Gasteiger partial charge is 0.246 e. The van der Waals surface area contributed by atoms with Crippen molar-refractivity contribution in [3.05, 3.63) is 28.8 Å². The van der Waals surface area contributed by atoms with E-state index in [9.17, 15) is 9.59 Å². The Morgan fingerprint density at radius 1 is 1.38 bits per heavy atom. The van der Waals surface area contributed by atoms with Gasteiger partial charge in [-0.15, -0.1) is 0 Å². The molecule has 0 radical (unpaired) electrons. The molecule has 0 aromatic heterocycles. The number of carbonyl (C=O) groups is 2. The number of benzene rings is 1. The molecule has 2 rings (SSSR count). The molecule has 0 spiro atoms. The van der Waals surface area contributed by atoms with Crippen LogP contribution in [0.3, 0.4) is 0 Å². The number of methoxy groups -OCH3 is 1. The van der Waals surface area contributed by atoms with E-state index in [1.807, 2.05) is 6.92 Å². The molecule has 1 aliphatic rings. The number of nitrogens with one attached hydrogen (secondary N) is 1. The third-order valence-corrected chi connectivity index (χ3v) is 3.97. The lowest BCUT2D eigenvalue weighted by atomic mass is 10.0. The van der Waals surface area contributed by atoms with E-state index in [1.54, 1.807) is 37.1 Å². The van der Waals surface area contributed by atoms with Crippen molar-refractivity contribution in [1.82, 2.24) is 10.2 Å². The van der Waals surface area contributed by atoms with Gasteiger partial charge in [0, 0.05) is 10.6 Å². The van der Waals surface area contributed by atoms with Crippen LogP contribution in [0.25, 0.3) is 0 Å². The maximum absolute atomic E-state index is 12.4. The molecular weight excluding hydrogens is 292 g/mol. The van der Waals surface area contributed by atoms with Crippen molar-refractivity contribution in [1.29, 1.82) is 0 Å². The monoisotopic (exact) mass is 310 g/mol. The highest BCUT2D eigenvalue weighted by Gasteiger charge is 2.37. The Kier molecular flexibility index (Phi) is 4.73. The summed E-state index contributed by atoms with van der Waals surface area (Å²) >= 11 is 6.01. The fraction of sp³-hybridized carbons (Fsp3) is 0.467. The Morgan fingerprint density at radius 3 is 2.71 bits per heavy atom. The molecule has 5 nitrogen and oxygen atoms in total. The van der Waals surface area contributed by atoms with Gasteiger partial charge in [-0.25, -0.2) is 0 Å². The van der Waals surface area contributed by atoms with Gasteiger partial charge >= 0.3 is 0 Å². The van der Waals surface area contributed by atoms with Gasteiger partial charge in [0.05, 0.1) is 13.7 Å². The molecule has 1 aromatic carbocycles. The number of carbonyl (C=O) groups excluding carboxylic acids is 2. The van der Waals surface area contributed by atoms with Gasteiger partial charge in [0.2, 0.25) is 11.8 Å². The lowest BCUT2D eigenvalue weighted by Gasteiger charge is -2.37. The normalized spacial score (nSPS) is 22.2. The average Bonchev–Trinajstić information content (AvgIpc) is 2.47. The van der Waals surface area contributed by atoms with Crippen LogP contribution >= 0.6 is 11.6 Å². The molecule has 2 unspecified atom stereocenters. The molecule has 0 saturated carbocycles. The van der Waals surface area contributed by atoms with Crippen LogP contribution in [0.1, 0.15) is 25.8 Å². The zero-order chi connectivity index (χ0) is 15.6. The fourth-order valence-corrected chi connectivity index (χ4v) is 2.63. The second-order valence-corrected chi connectivity index (χ2v) is 5.50. The van der Waals surface area contributed by atoms with Gasteiger partial charge in [-0.05, 0) is 31.5 Å². The number of piperazine rings is 1. The zero-order valence-electron chi connectivity index (χ0n) is 12.4. The van der Waals surface area contributed by atoms with Crippen LogP contribution in [0.5, 0.6) is 5.75 Å². The summed E-state index contributed by atoms with van der Waals surface area (Å²) in [4.78, 5) is 26.0. The van der Waals surface area contributed by atoms with Gasteiger partial charge in [0.1, 0.15) is 17.8 Å². The first kappa shape index (κ1) is 15.6. The maximum Gasteiger partial charge on any atom is 0.246 e. The minimum absolute atomic E-state index is 0.0772. The van der Waals surface area contributed by atoms with E-state index in [0.717, 1.165) is 5.56 Å². The summed E-state index contributed by atoms with van der Waals surface area (Å²) in [6.45, 7) is 3.89. The largest absolute Gasteiger partial charge is 0.496 e. The molecule has 6 heteroatoms. The highest BCUT2D eigenvalue weighted by molar-refractivity contribution is 6.30. The molecule has 1 aliphatic heterocycles. The van der Waals surface area contributed by atoms with Gasteiger partial charge in [-0.2, -0.15) is 0 Å². The minimum atomic E-state index is -0.510. The van der Waals surface area contributed by atoms with Crippen molar-refractivity contribution < 1.29 is 14.3 Å². The first-order valence-corrected chi connectivity index (χ1v) is 7.29. The number of rotatable bonds is 4. The van der Waals surface area contributed by atoms with Crippen LogP contribution in [-0.4, -0.2) is 35.9 Å². The molecule has 0 bridgehead atoms. The molecule has 2 amide bonds. The Bertz CT molecular complexity index is 562. The molecule has 21 heavy (non-hydrogen) atoms. The van der Waals surface area contributed by atoms with Crippen molar-refractivity contribution in [3.8, 4) is 5.75 Å². The lowest BCUT2D eigenvalue weighted by molar-refractivity contribution is -0.149. The Hall–Kier alpha value is -1.75. The SMILES string of the molecule is CCC1NC(=O)C(C)N(Cc2cc(Cl)ccc2OC)C1=O. The predicted octanol–water partition coefficient (Wildman–Crippen LogP) is 1.97. The standard InChI is InChI=1S/C15H19ClN2O3/c1-4-12-15(20)18(9(2)14(19)17-12)8-10-7-11(16)5-6-13(10)21-3/h5-7,9,12H,4,8H2,1-3H3,(H,17,19). The van der Waals surface area contributed by atoms with Crippen LogP contribution in [0, 0.1) is 0 Å². The van der Waals surface area contributed by atoms with Gasteiger partial charge in [0.15, 0.2) is 0 Å². The molecule has 2 atom stereocenters. The maximum atomic E-state index is 12.4. The summed E-state index contributed by atoms with van der Waals surface area (Å²) in [5, 5.41) is 3.30. The summed E-state index contributed by atoms with van der Waals surface area (Å²) in [5.41, 5.74) is 0.787. The summed E-state index contributed by atoms with van der Waals surface area (Å²) in [6.07, 6.45) is 0.570. The topological polar surface area (TPSA) is 58.6 Å².